The quantitative estimate of drug-likeness (QED) is 0.877. The summed E-state index contributed by atoms with van der Waals surface area (Å²) in [6.07, 6.45) is 3.05. The average molecular weight is 318 g/mol. The number of benzene rings is 1. The number of amides is 1. The molecule has 1 aromatic carbocycles. The predicted octanol–water partition coefficient (Wildman–Crippen LogP) is 2.51. The second-order valence-corrected chi connectivity index (χ2v) is 5.91. The number of hydrogen-bond acceptors (Lipinski definition) is 3. The van der Waals surface area contributed by atoms with Crippen LogP contribution < -0.4 is 0 Å². The fraction of sp³-hybridized carbons (Fsp3) is 0.267. The van der Waals surface area contributed by atoms with Gasteiger partial charge in [-0.25, -0.2) is 9.78 Å². The molecule has 4 rings (SSSR count). The Morgan fingerprint density at radius 1 is 1.41 bits per heavy atom. The molecule has 0 spiro atoms. The smallest absolute Gasteiger partial charge is 0.356 e. The van der Waals surface area contributed by atoms with Crippen LogP contribution in [-0.2, 0) is 0 Å². The van der Waals surface area contributed by atoms with Crippen LogP contribution in [-0.4, -0.2) is 38.0 Å². The number of halogens is 1. The lowest BCUT2D eigenvalue weighted by Gasteiger charge is -2.22. The molecule has 7 heteroatoms. The van der Waals surface area contributed by atoms with Gasteiger partial charge in [-0.2, -0.15) is 0 Å². The van der Waals surface area contributed by atoms with Gasteiger partial charge in [0.1, 0.15) is 6.33 Å². The number of carbonyl (C=O) groups is 2. The maximum atomic E-state index is 12.8. The highest BCUT2D eigenvalue weighted by Gasteiger charge is 2.39. The van der Waals surface area contributed by atoms with Crippen molar-refractivity contribution in [1.29, 1.82) is 0 Å². The fourth-order valence-corrected chi connectivity index (χ4v) is 3.54. The Morgan fingerprint density at radius 2 is 2.23 bits per heavy atom. The van der Waals surface area contributed by atoms with Crippen molar-refractivity contribution in [2.75, 3.05) is 6.54 Å². The molecule has 2 aliphatic rings. The predicted molar refractivity (Wildman–Crippen MR) is 78.5 cm³/mol. The van der Waals surface area contributed by atoms with Gasteiger partial charge in [-0.1, -0.05) is 11.6 Å². The highest BCUT2D eigenvalue weighted by molar-refractivity contribution is 6.31. The van der Waals surface area contributed by atoms with Gasteiger partial charge < -0.3 is 10.0 Å². The number of rotatable bonds is 1. The summed E-state index contributed by atoms with van der Waals surface area (Å²) in [5.41, 5.74) is 1.68. The van der Waals surface area contributed by atoms with Crippen LogP contribution in [0.15, 0.2) is 24.5 Å². The molecule has 0 aliphatic carbocycles. The van der Waals surface area contributed by atoms with E-state index in [2.05, 4.69) is 4.98 Å². The fourth-order valence-electron chi connectivity index (χ4n) is 3.37. The number of nitrogens with zero attached hydrogens (tertiary/aromatic N) is 3. The van der Waals surface area contributed by atoms with Gasteiger partial charge in [-0.05, 0) is 31.0 Å². The van der Waals surface area contributed by atoms with Crippen LogP contribution >= 0.6 is 11.6 Å². The minimum atomic E-state index is -1.08. The number of carboxylic acids is 1. The van der Waals surface area contributed by atoms with E-state index in [1.807, 2.05) is 0 Å². The first-order valence-corrected chi connectivity index (χ1v) is 7.37. The molecule has 0 unspecified atom stereocenters. The zero-order valence-electron chi connectivity index (χ0n) is 11.5. The summed E-state index contributed by atoms with van der Waals surface area (Å²) in [7, 11) is 0. The second-order valence-electron chi connectivity index (χ2n) is 5.47. The van der Waals surface area contributed by atoms with Crippen molar-refractivity contribution in [3.05, 3.63) is 46.5 Å². The SMILES string of the molecule is O=C(O)c1ncn2c1[C@@H]1CCCN1C(=O)c1cc(Cl)ccc1-2. The Labute approximate surface area is 130 Å². The summed E-state index contributed by atoms with van der Waals surface area (Å²) < 4.78 is 1.71. The minimum absolute atomic E-state index is 0.00694. The van der Waals surface area contributed by atoms with Gasteiger partial charge in [0.05, 0.1) is 23.0 Å². The molecule has 22 heavy (non-hydrogen) atoms. The summed E-state index contributed by atoms with van der Waals surface area (Å²) in [6, 6.07) is 4.79. The van der Waals surface area contributed by atoms with Gasteiger partial charge in [0.15, 0.2) is 5.69 Å². The highest BCUT2D eigenvalue weighted by atomic mass is 35.5. The molecule has 112 valence electrons. The average Bonchev–Trinajstić information content (AvgIpc) is 3.10. The van der Waals surface area contributed by atoms with Crippen LogP contribution in [0.1, 0.15) is 45.4 Å². The third kappa shape index (κ3) is 1.70. The molecular formula is C15H12ClN3O3. The normalized spacial score (nSPS) is 19.4. The van der Waals surface area contributed by atoms with Crippen LogP contribution in [0.2, 0.25) is 5.02 Å². The molecule has 0 saturated carbocycles. The first-order valence-electron chi connectivity index (χ1n) is 6.99. The van der Waals surface area contributed by atoms with Crippen molar-refractivity contribution in [2.45, 2.75) is 18.9 Å². The van der Waals surface area contributed by atoms with Crippen molar-refractivity contribution in [3.8, 4) is 5.69 Å². The lowest BCUT2D eigenvalue weighted by atomic mass is 10.1. The van der Waals surface area contributed by atoms with Crippen LogP contribution in [0.5, 0.6) is 0 Å². The molecular weight excluding hydrogens is 306 g/mol. The first kappa shape index (κ1) is 13.3. The molecule has 1 atom stereocenters. The van der Waals surface area contributed by atoms with E-state index in [1.54, 1.807) is 27.7 Å². The number of aromatic carboxylic acids is 1. The molecule has 0 radical (unpaired) electrons. The standard InChI is InChI=1S/C15H12ClN3O3/c16-8-3-4-10-9(6-8)14(20)18-5-1-2-11(18)13-12(15(21)22)17-7-19(10)13/h3-4,6-7,11H,1-2,5H2,(H,21,22)/t11-/m0/s1. The van der Waals surface area contributed by atoms with E-state index in [0.29, 0.717) is 28.5 Å². The van der Waals surface area contributed by atoms with E-state index in [4.69, 9.17) is 11.6 Å². The van der Waals surface area contributed by atoms with Gasteiger partial charge in [0.2, 0.25) is 0 Å². The summed E-state index contributed by atoms with van der Waals surface area (Å²) in [5.74, 6) is -1.19. The van der Waals surface area contributed by atoms with Crippen molar-refractivity contribution in [2.24, 2.45) is 0 Å². The number of aromatic nitrogens is 2. The Morgan fingerprint density at radius 3 is 3.00 bits per heavy atom. The summed E-state index contributed by atoms with van der Waals surface area (Å²) in [4.78, 5) is 30.0. The largest absolute Gasteiger partial charge is 0.476 e. The third-order valence-corrected chi connectivity index (χ3v) is 4.52. The number of hydrogen-bond donors (Lipinski definition) is 1. The molecule has 1 amide bonds. The molecule has 1 N–H and O–H groups in total. The molecule has 1 aromatic heterocycles. The van der Waals surface area contributed by atoms with E-state index in [9.17, 15) is 14.7 Å². The second kappa shape index (κ2) is 4.58. The number of carboxylic acid groups (broad SMARTS) is 1. The summed E-state index contributed by atoms with van der Waals surface area (Å²) >= 11 is 6.03. The van der Waals surface area contributed by atoms with E-state index < -0.39 is 5.97 Å². The van der Waals surface area contributed by atoms with Gasteiger partial charge >= 0.3 is 5.97 Å². The van der Waals surface area contributed by atoms with E-state index in [-0.39, 0.29) is 17.6 Å². The van der Waals surface area contributed by atoms with Crippen molar-refractivity contribution >= 4 is 23.5 Å². The summed E-state index contributed by atoms with van der Waals surface area (Å²) in [5, 5.41) is 9.88. The number of fused-ring (bicyclic) bond motifs is 5. The topological polar surface area (TPSA) is 75.4 Å². The molecule has 2 aliphatic heterocycles. The molecule has 0 bridgehead atoms. The van der Waals surface area contributed by atoms with E-state index in [1.165, 1.54) is 6.33 Å². The zero-order valence-corrected chi connectivity index (χ0v) is 12.2. The lowest BCUT2D eigenvalue weighted by molar-refractivity contribution is 0.0673. The van der Waals surface area contributed by atoms with Crippen LogP contribution in [0.25, 0.3) is 5.69 Å². The molecule has 1 saturated heterocycles. The number of imidazole rings is 1. The maximum absolute atomic E-state index is 12.8. The molecule has 6 nitrogen and oxygen atoms in total. The Bertz CT molecular complexity index is 814. The zero-order chi connectivity index (χ0) is 15.4. The Kier molecular flexibility index (Phi) is 2.77. The minimum Gasteiger partial charge on any atom is -0.476 e. The molecule has 1 fully saturated rings. The monoisotopic (exact) mass is 317 g/mol. The van der Waals surface area contributed by atoms with Gasteiger partial charge in [0.25, 0.3) is 5.91 Å². The van der Waals surface area contributed by atoms with Gasteiger partial charge in [-0.3, -0.25) is 9.36 Å². The van der Waals surface area contributed by atoms with Crippen LogP contribution in [0.4, 0.5) is 0 Å². The Hall–Kier alpha value is -2.34. The third-order valence-electron chi connectivity index (χ3n) is 4.28. The maximum Gasteiger partial charge on any atom is 0.356 e. The van der Waals surface area contributed by atoms with Crippen LogP contribution in [0, 0.1) is 0 Å². The van der Waals surface area contributed by atoms with E-state index >= 15 is 0 Å². The van der Waals surface area contributed by atoms with Crippen molar-refractivity contribution in [3.63, 3.8) is 0 Å². The summed E-state index contributed by atoms with van der Waals surface area (Å²) in [6.45, 7) is 0.611. The van der Waals surface area contributed by atoms with E-state index in [0.717, 1.165) is 12.8 Å². The highest BCUT2D eigenvalue weighted by Crippen LogP contribution is 2.40. The van der Waals surface area contributed by atoms with Crippen LogP contribution in [0.3, 0.4) is 0 Å². The van der Waals surface area contributed by atoms with Gasteiger partial charge in [-0.15, -0.1) is 0 Å². The Balaban J connectivity index is 2.05. The first-order chi connectivity index (χ1) is 10.6. The number of carbonyl (C=O) groups excluding carboxylic acids is 1. The van der Waals surface area contributed by atoms with Crippen molar-refractivity contribution in [1.82, 2.24) is 14.5 Å². The van der Waals surface area contributed by atoms with Gasteiger partial charge in [0, 0.05) is 11.6 Å². The lowest BCUT2D eigenvalue weighted by Crippen LogP contribution is -2.30. The van der Waals surface area contributed by atoms with Crippen molar-refractivity contribution < 1.29 is 14.7 Å². The molecule has 2 aromatic rings. The molecule has 3 heterocycles.